The third-order valence-electron chi connectivity index (χ3n) is 7.79. The van der Waals surface area contributed by atoms with Gasteiger partial charge in [0.1, 0.15) is 11.2 Å². The summed E-state index contributed by atoms with van der Waals surface area (Å²) < 4.78 is 0. The van der Waals surface area contributed by atoms with E-state index in [1.165, 1.54) is 24.9 Å². The molecular weight excluding hydrogens is 462 g/mol. The molecule has 1 amide bonds. The lowest BCUT2D eigenvalue weighted by Crippen LogP contribution is -2.29. The number of anilines is 2. The van der Waals surface area contributed by atoms with Crippen LogP contribution in [0.1, 0.15) is 38.5 Å². The van der Waals surface area contributed by atoms with E-state index in [9.17, 15) is 4.79 Å². The number of carbonyl (C=O) groups excluding carboxylic acids is 1. The van der Waals surface area contributed by atoms with Crippen molar-refractivity contribution >= 4 is 39.2 Å². The van der Waals surface area contributed by atoms with Gasteiger partial charge in [0.05, 0.1) is 28.6 Å². The molecule has 0 atom stereocenters. The number of amides is 1. The fourth-order valence-electron chi connectivity index (χ4n) is 5.47. The van der Waals surface area contributed by atoms with E-state index in [4.69, 9.17) is 4.98 Å². The van der Waals surface area contributed by atoms with E-state index in [0.717, 1.165) is 82.6 Å². The van der Waals surface area contributed by atoms with Crippen LogP contribution in [0.15, 0.2) is 54.9 Å². The highest BCUT2D eigenvalue weighted by Gasteiger charge is 2.25. The molecule has 8 heteroatoms. The molecular formula is C29H29N7O. The van der Waals surface area contributed by atoms with Crippen LogP contribution in [0.5, 0.6) is 0 Å². The number of piperidine rings is 1. The second-order valence-corrected chi connectivity index (χ2v) is 10.2. The molecule has 0 radical (unpaired) electrons. The monoisotopic (exact) mass is 491 g/mol. The molecule has 0 bridgehead atoms. The van der Waals surface area contributed by atoms with Gasteiger partial charge in [0, 0.05) is 36.2 Å². The van der Waals surface area contributed by atoms with Gasteiger partial charge >= 0.3 is 0 Å². The molecule has 5 aromatic rings. The second-order valence-electron chi connectivity index (χ2n) is 10.2. The molecule has 3 N–H and O–H groups in total. The Kier molecular flexibility index (Phi) is 5.38. The quantitative estimate of drug-likeness (QED) is 0.284. The van der Waals surface area contributed by atoms with Crippen LogP contribution in [0.3, 0.4) is 0 Å². The van der Waals surface area contributed by atoms with Crippen LogP contribution in [0.4, 0.5) is 11.4 Å². The molecule has 3 aromatic heterocycles. The van der Waals surface area contributed by atoms with Crippen molar-refractivity contribution in [2.24, 2.45) is 5.92 Å². The average Bonchev–Trinajstić information content (AvgIpc) is 3.52. The van der Waals surface area contributed by atoms with Gasteiger partial charge in [0.15, 0.2) is 5.82 Å². The van der Waals surface area contributed by atoms with Crippen LogP contribution in [-0.2, 0) is 4.79 Å². The summed E-state index contributed by atoms with van der Waals surface area (Å²) >= 11 is 0. The maximum atomic E-state index is 12.4. The number of para-hydroxylation sites is 1. The molecule has 1 aliphatic carbocycles. The number of H-pyrrole nitrogens is 2. The lowest BCUT2D eigenvalue weighted by molar-refractivity contribution is -0.122. The van der Waals surface area contributed by atoms with E-state index in [1.807, 2.05) is 24.4 Å². The van der Waals surface area contributed by atoms with Crippen molar-refractivity contribution in [3.63, 3.8) is 0 Å². The Hall–Kier alpha value is -4.20. The Morgan fingerprint density at radius 1 is 0.946 bits per heavy atom. The zero-order chi connectivity index (χ0) is 24.8. The summed E-state index contributed by atoms with van der Waals surface area (Å²) in [6, 6.07) is 14.5. The van der Waals surface area contributed by atoms with Crippen LogP contribution in [0, 0.1) is 5.92 Å². The fourth-order valence-corrected chi connectivity index (χ4v) is 5.47. The van der Waals surface area contributed by atoms with Gasteiger partial charge in [0.2, 0.25) is 5.91 Å². The lowest BCUT2D eigenvalue weighted by Gasteiger charge is -2.28. The molecule has 1 saturated carbocycles. The van der Waals surface area contributed by atoms with Crippen molar-refractivity contribution in [3.05, 3.63) is 54.9 Å². The van der Waals surface area contributed by atoms with Crippen molar-refractivity contribution in [1.82, 2.24) is 25.1 Å². The van der Waals surface area contributed by atoms with E-state index in [-0.39, 0.29) is 11.8 Å². The average molecular weight is 492 g/mol. The largest absolute Gasteiger partial charge is 0.370 e. The normalized spacial score (nSPS) is 16.3. The zero-order valence-corrected chi connectivity index (χ0v) is 20.6. The highest BCUT2D eigenvalue weighted by molar-refractivity contribution is 5.98. The standard InChI is InChI=1S/C29H29N7O/c37-29(18-6-4-7-18)31-21-14-20(16-30-17-21)19-10-11-23-22(15-19)26(35-34-23)28-32-24-8-5-9-25(27(24)33-28)36-12-2-1-3-13-36/h5,8-11,14-18H,1-4,6-7,12-13H2,(H,31,37)(H,32,33)(H,34,35). The lowest BCUT2D eigenvalue weighted by atomic mass is 9.85. The van der Waals surface area contributed by atoms with E-state index in [1.54, 1.807) is 6.20 Å². The number of pyridine rings is 1. The van der Waals surface area contributed by atoms with Crippen molar-refractivity contribution in [2.75, 3.05) is 23.3 Å². The third kappa shape index (κ3) is 4.02. The molecule has 7 rings (SSSR count). The second kappa shape index (κ2) is 9.03. The third-order valence-corrected chi connectivity index (χ3v) is 7.79. The first-order valence-electron chi connectivity index (χ1n) is 13.2. The number of carbonyl (C=O) groups is 1. The van der Waals surface area contributed by atoms with Gasteiger partial charge in [0.25, 0.3) is 0 Å². The minimum absolute atomic E-state index is 0.0894. The fraction of sp³-hybridized carbons (Fsp3) is 0.310. The summed E-state index contributed by atoms with van der Waals surface area (Å²) in [5.74, 6) is 0.974. The molecule has 0 spiro atoms. The predicted octanol–water partition coefficient (Wildman–Crippen LogP) is 5.90. The van der Waals surface area contributed by atoms with E-state index in [0.29, 0.717) is 0 Å². The number of rotatable bonds is 5. The molecule has 186 valence electrons. The van der Waals surface area contributed by atoms with E-state index >= 15 is 0 Å². The van der Waals surface area contributed by atoms with Gasteiger partial charge in [-0.2, -0.15) is 5.10 Å². The first-order chi connectivity index (χ1) is 18.2. The summed E-state index contributed by atoms with van der Waals surface area (Å²) in [4.78, 5) is 27.8. The van der Waals surface area contributed by atoms with Crippen molar-refractivity contribution in [2.45, 2.75) is 38.5 Å². The number of aromatic nitrogens is 5. The van der Waals surface area contributed by atoms with Gasteiger partial charge in [-0.05, 0) is 68.0 Å². The highest BCUT2D eigenvalue weighted by atomic mass is 16.1. The number of benzene rings is 2. The van der Waals surface area contributed by atoms with Crippen molar-refractivity contribution in [3.8, 4) is 22.6 Å². The van der Waals surface area contributed by atoms with Gasteiger partial charge in [-0.25, -0.2) is 4.98 Å². The van der Waals surface area contributed by atoms with Crippen molar-refractivity contribution < 1.29 is 4.79 Å². The molecule has 2 aliphatic rings. The van der Waals surface area contributed by atoms with Crippen molar-refractivity contribution in [1.29, 1.82) is 0 Å². The predicted molar refractivity (Wildman–Crippen MR) is 146 cm³/mol. The first-order valence-corrected chi connectivity index (χ1v) is 13.2. The summed E-state index contributed by atoms with van der Waals surface area (Å²) in [6.45, 7) is 2.15. The molecule has 2 fully saturated rings. The number of hydrogen-bond donors (Lipinski definition) is 3. The van der Waals surface area contributed by atoms with Gasteiger partial charge in [-0.15, -0.1) is 0 Å². The Morgan fingerprint density at radius 2 is 1.84 bits per heavy atom. The zero-order valence-electron chi connectivity index (χ0n) is 20.6. The maximum absolute atomic E-state index is 12.4. The van der Waals surface area contributed by atoms with Crippen LogP contribution in [0.2, 0.25) is 0 Å². The summed E-state index contributed by atoms with van der Waals surface area (Å²) in [7, 11) is 0. The molecule has 1 saturated heterocycles. The van der Waals surface area contributed by atoms with Crippen LogP contribution in [0.25, 0.3) is 44.6 Å². The number of aromatic amines is 2. The molecule has 1 aliphatic heterocycles. The van der Waals surface area contributed by atoms with Crippen LogP contribution in [-0.4, -0.2) is 44.1 Å². The molecule has 37 heavy (non-hydrogen) atoms. The summed E-state index contributed by atoms with van der Waals surface area (Å²) in [5.41, 5.74) is 7.61. The number of hydrogen-bond acceptors (Lipinski definition) is 5. The van der Waals surface area contributed by atoms with Gasteiger partial charge in [-0.3, -0.25) is 14.9 Å². The highest BCUT2D eigenvalue weighted by Crippen LogP contribution is 2.34. The SMILES string of the molecule is O=C(Nc1cncc(-c2ccc3[nH]nc(-c4nc5c(N6CCCCC6)cccc5[nH]4)c3c2)c1)C1CCC1. The smallest absolute Gasteiger partial charge is 0.227 e. The van der Waals surface area contributed by atoms with Crippen LogP contribution >= 0.6 is 0 Å². The topological polar surface area (TPSA) is 103 Å². The van der Waals surface area contributed by atoms with Gasteiger partial charge < -0.3 is 15.2 Å². The maximum Gasteiger partial charge on any atom is 0.227 e. The summed E-state index contributed by atoms with van der Waals surface area (Å²) in [6.07, 6.45) is 10.4. The first kappa shape index (κ1) is 22.0. The Labute approximate surface area is 214 Å². The summed E-state index contributed by atoms with van der Waals surface area (Å²) in [5, 5.41) is 11.8. The number of nitrogens with one attached hydrogen (secondary N) is 3. The van der Waals surface area contributed by atoms with Crippen LogP contribution < -0.4 is 10.2 Å². The number of fused-ring (bicyclic) bond motifs is 2. The van der Waals surface area contributed by atoms with Gasteiger partial charge in [-0.1, -0.05) is 18.6 Å². The molecule has 4 heterocycles. The number of imidazole rings is 1. The Balaban J connectivity index is 1.23. The molecule has 2 aromatic carbocycles. The minimum Gasteiger partial charge on any atom is -0.370 e. The number of nitrogens with zero attached hydrogens (tertiary/aromatic N) is 4. The Morgan fingerprint density at radius 3 is 2.68 bits per heavy atom. The molecule has 8 nitrogen and oxygen atoms in total. The Bertz CT molecular complexity index is 1610. The molecule has 0 unspecified atom stereocenters. The van der Waals surface area contributed by atoms with E-state index in [2.05, 4.69) is 54.6 Å². The van der Waals surface area contributed by atoms with E-state index < -0.39 is 0 Å². The minimum atomic E-state index is 0.0894.